The summed E-state index contributed by atoms with van der Waals surface area (Å²) in [5, 5.41) is 19.8. The molecule has 3 N–H and O–H groups in total. The molecule has 0 aliphatic carbocycles. The molecule has 10 heteroatoms. The molecular formula is C24H34F3NO6. The second-order valence-electron chi connectivity index (χ2n) is 8.18. The molecule has 0 aliphatic heterocycles. The molecule has 7 nitrogen and oxygen atoms in total. The van der Waals surface area contributed by atoms with Gasteiger partial charge < -0.3 is 20.3 Å². The second-order valence-corrected chi connectivity index (χ2v) is 8.18. The molecule has 1 aromatic carbocycles. The van der Waals surface area contributed by atoms with Crippen LogP contribution in [0.15, 0.2) is 18.2 Å². The van der Waals surface area contributed by atoms with E-state index in [9.17, 15) is 27.6 Å². The molecule has 1 aromatic rings. The van der Waals surface area contributed by atoms with Gasteiger partial charge >= 0.3 is 18.1 Å². The van der Waals surface area contributed by atoms with Crippen molar-refractivity contribution in [1.82, 2.24) is 0 Å². The number of hydrogen-bond acceptors (Lipinski definition) is 4. The summed E-state index contributed by atoms with van der Waals surface area (Å²) in [7, 11) is 0. The van der Waals surface area contributed by atoms with E-state index in [2.05, 4.69) is 5.32 Å². The Morgan fingerprint density at radius 2 is 1.26 bits per heavy atom. The van der Waals surface area contributed by atoms with Crippen molar-refractivity contribution in [2.45, 2.75) is 89.6 Å². The Bertz CT molecular complexity index is 782. The number of unbranched alkanes of at least 4 members (excludes halogenated alkanes) is 8. The maximum Gasteiger partial charge on any atom is 0.416 e. The van der Waals surface area contributed by atoms with Gasteiger partial charge in [-0.3, -0.25) is 14.4 Å². The highest BCUT2D eigenvalue weighted by Gasteiger charge is 2.31. The van der Waals surface area contributed by atoms with Crippen LogP contribution in [-0.4, -0.2) is 34.7 Å². The number of aliphatic carboxylic acids is 2. The van der Waals surface area contributed by atoms with Crippen LogP contribution < -0.4 is 10.1 Å². The fourth-order valence-electron chi connectivity index (χ4n) is 3.34. The van der Waals surface area contributed by atoms with Crippen LogP contribution in [0.4, 0.5) is 18.9 Å². The van der Waals surface area contributed by atoms with Crippen molar-refractivity contribution in [3.05, 3.63) is 23.8 Å². The highest BCUT2D eigenvalue weighted by Crippen LogP contribution is 2.35. The van der Waals surface area contributed by atoms with Gasteiger partial charge in [0.15, 0.2) is 0 Å². The van der Waals surface area contributed by atoms with Crippen molar-refractivity contribution < 1.29 is 42.5 Å². The molecule has 34 heavy (non-hydrogen) atoms. The van der Waals surface area contributed by atoms with Gasteiger partial charge in [-0.1, -0.05) is 44.9 Å². The van der Waals surface area contributed by atoms with Crippen molar-refractivity contribution >= 4 is 23.5 Å². The number of alkyl halides is 3. The molecule has 0 saturated carbocycles. The molecule has 0 spiro atoms. The number of nitrogens with one attached hydrogen (secondary N) is 1. The lowest BCUT2D eigenvalue weighted by atomic mass is 10.1. The number of carbonyl (C=O) groups excluding carboxylic acids is 1. The summed E-state index contributed by atoms with van der Waals surface area (Å²) >= 11 is 0. The highest BCUT2D eigenvalue weighted by molar-refractivity contribution is 5.92. The largest absolute Gasteiger partial charge is 0.491 e. The number of carbonyl (C=O) groups is 3. The van der Waals surface area contributed by atoms with Gasteiger partial charge in [-0.2, -0.15) is 13.2 Å². The third-order valence-corrected chi connectivity index (χ3v) is 5.17. The quantitative estimate of drug-likeness (QED) is 0.210. The Hall–Kier alpha value is -2.78. The van der Waals surface area contributed by atoms with Crippen molar-refractivity contribution in [2.24, 2.45) is 0 Å². The van der Waals surface area contributed by atoms with Crippen LogP contribution in [0.3, 0.4) is 0 Å². The van der Waals surface area contributed by atoms with Crippen LogP contribution in [0.25, 0.3) is 0 Å². The zero-order valence-electron chi connectivity index (χ0n) is 19.3. The molecule has 192 valence electrons. The second kappa shape index (κ2) is 16.0. The van der Waals surface area contributed by atoms with Gasteiger partial charge in [-0.25, -0.2) is 0 Å². The summed E-state index contributed by atoms with van der Waals surface area (Å²) in [5.74, 6) is -2.26. The third kappa shape index (κ3) is 13.7. The summed E-state index contributed by atoms with van der Waals surface area (Å²) in [6.45, 7) is -0.0873. The Balaban J connectivity index is 2.36. The average Bonchev–Trinajstić information content (AvgIpc) is 2.74. The van der Waals surface area contributed by atoms with Crippen LogP contribution >= 0.6 is 0 Å². The molecular weight excluding hydrogens is 455 g/mol. The Labute approximate surface area is 197 Å². The summed E-state index contributed by atoms with van der Waals surface area (Å²) in [5.41, 5.74) is -0.795. The summed E-state index contributed by atoms with van der Waals surface area (Å²) < 4.78 is 44.4. The van der Waals surface area contributed by atoms with E-state index in [1.807, 2.05) is 0 Å². The Kier molecular flexibility index (Phi) is 13.7. The van der Waals surface area contributed by atoms with Crippen molar-refractivity contribution in [2.75, 3.05) is 11.9 Å². The van der Waals surface area contributed by atoms with Crippen molar-refractivity contribution in [3.63, 3.8) is 0 Å². The minimum absolute atomic E-state index is 0.0873. The van der Waals surface area contributed by atoms with Crippen molar-refractivity contribution in [3.8, 4) is 5.75 Å². The van der Waals surface area contributed by atoms with Gasteiger partial charge in [0.1, 0.15) is 5.75 Å². The number of halogens is 3. The lowest BCUT2D eigenvalue weighted by molar-refractivity contribution is -0.138. The first kappa shape index (κ1) is 29.3. The van der Waals surface area contributed by atoms with Gasteiger partial charge in [0.05, 0.1) is 17.9 Å². The molecule has 0 heterocycles. The molecule has 0 aromatic heterocycles. The van der Waals surface area contributed by atoms with Gasteiger partial charge in [-0.05, 0) is 37.5 Å². The summed E-state index contributed by atoms with van der Waals surface area (Å²) in [4.78, 5) is 33.3. The first-order chi connectivity index (χ1) is 16.1. The van der Waals surface area contributed by atoms with E-state index < -0.39 is 23.7 Å². The first-order valence-corrected chi connectivity index (χ1v) is 11.7. The van der Waals surface area contributed by atoms with Crippen LogP contribution in [0.5, 0.6) is 5.75 Å². The van der Waals surface area contributed by atoms with Gasteiger partial charge in [-0.15, -0.1) is 0 Å². The number of anilines is 1. The Morgan fingerprint density at radius 3 is 1.79 bits per heavy atom. The maximum absolute atomic E-state index is 13.0. The smallest absolute Gasteiger partial charge is 0.416 e. The van der Waals surface area contributed by atoms with E-state index in [-0.39, 0.29) is 49.6 Å². The number of hydrogen-bond donors (Lipinski definition) is 3. The molecule has 0 bridgehead atoms. The Morgan fingerprint density at radius 1 is 0.765 bits per heavy atom. The predicted molar refractivity (Wildman–Crippen MR) is 121 cm³/mol. The third-order valence-electron chi connectivity index (χ3n) is 5.17. The standard InChI is InChI=1S/C24H34F3NO6/c25-24(26,27)18-14-15-19(20(17-18)34-16-10-13-23(32)33)28-21(29)11-8-6-4-2-1-3-5-7-9-12-22(30)31/h14-15,17H,1-13,16H2,(H,28,29)(H,30,31)(H,32,33). The monoisotopic (exact) mass is 489 g/mol. The predicted octanol–water partition coefficient (Wildman–Crippen LogP) is 6.26. The lowest BCUT2D eigenvalue weighted by Gasteiger charge is -2.15. The molecule has 0 saturated heterocycles. The van der Waals surface area contributed by atoms with Crippen LogP contribution in [0, 0.1) is 0 Å². The van der Waals surface area contributed by atoms with Gasteiger partial charge in [0.2, 0.25) is 5.91 Å². The van der Waals surface area contributed by atoms with Crippen LogP contribution in [0.1, 0.15) is 89.0 Å². The normalized spacial score (nSPS) is 11.3. The minimum atomic E-state index is -4.57. The first-order valence-electron chi connectivity index (χ1n) is 11.7. The number of rotatable bonds is 18. The van der Waals surface area contributed by atoms with E-state index in [0.717, 1.165) is 63.1 Å². The SMILES string of the molecule is O=C(O)CCCCCCCCCCCC(=O)Nc1ccc(C(F)(F)F)cc1OCCCC(=O)O. The number of benzene rings is 1. The highest BCUT2D eigenvalue weighted by atomic mass is 19.4. The number of amides is 1. The average molecular weight is 490 g/mol. The molecule has 1 rings (SSSR count). The van der Waals surface area contributed by atoms with Gasteiger partial charge in [0.25, 0.3) is 0 Å². The number of carboxylic acid groups (broad SMARTS) is 2. The molecule has 0 unspecified atom stereocenters. The van der Waals surface area contributed by atoms with E-state index in [1.165, 1.54) is 0 Å². The molecule has 0 aliphatic rings. The molecule has 0 radical (unpaired) electrons. The van der Waals surface area contributed by atoms with Crippen LogP contribution in [-0.2, 0) is 20.6 Å². The van der Waals surface area contributed by atoms with E-state index in [4.69, 9.17) is 14.9 Å². The summed E-state index contributed by atoms with van der Waals surface area (Å²) in [6.07, 6.45) is 4.11. The van der Waals surface area contributed by atoms with Gasteiger partial charge in [0, 0.05) is 19.3 Å². The number of ether oxygens (including phenoxy) is 1. The zero-order valence-corrected chi connectivity index (χ0v) is 19.3. The van der Waals surface area contributed by atoms with Crippen LogP contribution in [0.2, 0.25) is 0 Å². The molecule has 0 atom stereocenters. The summed E-state index contributed by atoms with van der Waals surface area (Å²) in [6, 6.07) is 2.81. The topological polar surface area (TPSA) is 113 Å². The lowest BCUT2D eigenvalue weighted by Crippen LogP contribution is -2.14. The zero-order chi connectivity index (χ0) is 25.4. The minimum Gasteiger partial charge on any atom is -0.491 e. The fourth-order valence-corrected chi connectivity index (χ4v) is 3.34. The fraction of sp³-hybridized carbons (Fsp3) is 0.625. The molecule has 1 amide bonds. The maximum atomic E-state index is 13.0. The van der Waals surface area contributed by atoms with E-state index in [1.54, 1.807) is 0 Å². The molecule has 0 fully saturated rings. The van der Waals surface area contributed by atoms with Crippen molar-refractivity contribution in [1.29, 1.82) is 0 Å². The van der Waals surface area contributed by atoms with E-state index >= 15 is 0 Å². The number of carboxylic acids is 2. The van der Waals surface area contributed by atoms with E-state index in [0.29, 0.717) is 12.8 Å².